The molecule has 3 aromatic rings. The molecule has 0 saturated carbocycles. The molecule has 5 rings (SSSR count). The summed E-state index contributed by atoms with van der Waals surface area (Å²) in [5.41, 5.74) is 11.3. The topological polar surface area (TPSA) is 71.2 Å². The van der Waals surface area contributed by atoms with Crippen LogP contribution in [0.3, 0.4) is 0 Å². The molecule has 0 aromatic heterocycles. The molecule has 6 nitrogen and oxygen atoms in total. The van der Waals surface area contributed by atoms with Crippen LogP contribution in [0.5, 0.6) is 0 Å². The van der Waals surface area contributed by atoms with Gasteiger partial charge in [-0.05, 0) is 22.3 Å². The number of hydrogen-bond donors (Lipinski definition) is 2. The summed E-state index contributed by atoms with van der Waals surface area (Å²) < 4.78 is 13.0. The van der Waals surface area contributed by atoms with Gasteiger partial charge < -0.3 is 20.3 Å². The largest absolute Gasteiger partial charge is 0.392 e. The highest BCUT2D eigenvalue weighted by atomic mass is 16.7. The van der Waals surface area contributed by atoms with Crippen molar-refractivity contribution in [2.75, 3.05) is 32.7 Å². The summed E-state index contributed by atoms with van der Waals surface area (Å²) in [6.07, 6.45) is 0.397. The van der Waals surface area contributed by atoms with Gasteiger partial charge in [-0.3, -0.25) is 9.80 Å². The summed E-state index contributed by atoms with van der Waals surface area (Å²) in [6, 6.07) is 27.0. The predicted octanol–water partition coefficient (Wildman–Crippen LogP) is 4.00. The quantitative estimate of drug-likeness (QED) is 0.501. The summed E-state index contributed by atoms with van der Waals surface area (Å²) in [6.45, 7) is 6.68. The van der Waals surface area contributed by atoms with Crippen LogP contribution in [0.1, 0.15) is 46.6 Å². The molecule has 3 atom stereocenters. The first kappa shape index (κ1) is 25.1. The van der Waals surface area contributed by atoms with Crippen molar-refractivity contribution in [2.24, 2.45) is 5.73 Å². The second-order valence-electron chi connectivity index (χ2n) is 9.86. The number of benzene rings is 3. The third-order valence-corrected chi connectivity index (χ3v) is 7.28. The Kier molecular flexibility index (Phi) is 8.43. The molecule has 6 heteroatoms. The highest BCUT2D eigenvalue weighted by Gasteiger charge is 2.33. The van der Waals surface area contributed by atoms with Crippen LogP contribution in [0, 0.1) is 0 Å². The second-order valence-corrected chi connectivity index (χ2v) is 9.86. The summed E-state index contributed by atoms with van der Waals surface area (Å²) in [4.78, 5) is 5.06. The smallest absolute Gasteiger partial charge is 0.184 e. The lowest BCUT2D eigenvalue weighted by molar-refractivity contribution is -0.253. The Balaban J connectivity index is 1.24. The molecule has 0 unspecified atom stereocenters. The maximum atomic E-state index is 9.43. The minimum Gasteiger partial charge on any atom is -0.392 e. The average Bonchev–Trinajstić information content (AvgIpc) is 2.94. The molecule has 2 heterocycles. The fourth-order valence-electron chi connectivity index (χ4n) is 5.10. The predicted molar refractivity (Wildman–Crippen MR) is 141 cm³/mol. The number of aliphatic hydroxyl groups is 1. The standard InChI is InChI=1S/C30H37N3O3/c31-19-23-6-12-27(13-7-23)30-35-28(18-29(36-30)26-10-8-25(22-34)9-11-26)21-33-16-14-32(15-17-33)20-24-4-2-1-3-5-24/h1-13,28-30,34H,14-22,31H2/t28-,29+,30+/m0/s1. The molecule has 2 aliphatic heterocycles. The maximum Gasteiger partial charge on any atom is 0.184 e. The third-order valence-electron chi connectivity index (χ3n) is 7.28. The minimum absolute atomic E-state index is 0.0455. The molecule has 0 aliphatic carbocycles. The van der Waals surface area contributed by atoms with Gasteiger partial charge >= 0.3 is 0 Å². The van der Waals surface area contributed by atoms with E-state index < -0.39 is 6.29 Å². The fourth-order valence-corrected chi connectivity index (χ4v) is 5.10. The first-order valence-electron chi connectivity index (χ1n) is 13.0. The summed E-state index contributed by atoms with van der Waals surface area (Å²) >= 11 is 0. The average molecular weight is 488 g/mol. The molecule has 0 spiro atoms. The Morgan fingerprint density at radius 1 is 0.722 bits per heavy atom. The molecule has 0 bridgehead atoms. The first-order chi connectivity index (χ1) is 17.7. The van der Waals surface area contributed by atoms with E-state index in [9.17, 15) is 5.11 Å². The maximum absolute atomic E-state index is 9.43. The highest BCUT2D eigenvalue weighted by molar-refractivity contribution is 5.26. The van der Waals surface area contributed by atoms with Gasteiger partial charge in [0.15, 0.2) is 6.29 Å². The van der Waals surface area contributed by atoms with Gasteiger partial charge in [0, 0.05) is 57.8 Å². The van der Waals surface area contributed by atoms with E-state index in [-0.39, 0.29) is 18.8 Å². The Bertz CT molecular complexity index is 1010. The Morgan fingerprint density at radius 3 is 2.03 bits per heavy atom. The number of piperazine rings is 1. The number of nitrogens with two attached hydrogens (primary N) is 1. The lowest BCUT2D eigenvalue weighted by Gasteiger charge is -2.40. The minimum atomic E-state index is -0.419. The van der Waals surface area contributed by atoms with Gasteiger partial charge in [0.05, 0.1) is 18.8 Å². The van der Waals surface area contributed by atoms with Crippen LogP contribution >= 0.6 is 0 Å². The Hall–Kier alpha value is -2.58. The molecular weight excluding hydrogens is 450 g/mol. The van der Waals surface area contributed by atoms with E-state index in [1.54, 1.807) is 0 Å². The van der Waals surface area contributed by atoms with E-state index in [4.69, 9.17) is 15.2 Å². The zero-order valence-corrected chi connectivity index (χ0v) is 20.8. The van der Waals surface area contributed by atoms with Crippen molar-refractivity contribution in [3.63, 3.8) is 0 Å². The fraction of sp³-hybridized carbons (Fsp3) is 0.400. The van der Waals surface area contributed by atoms with E-state index in [1.165, 1.54) is 5.56 Å². The third kappa shape index (κ3) is 6.40. The van der Waals surface area contributed by atoms with Crippen LogP contribution in [-0.2, 0) is 29.2 Å². The summed E-state index contributed by atoms with van der Waals surface area (Å²) in [7, 11) is 0. The van der Waals surface area contributed by atoms with Gasteiger partial charge in [-0.15, -0.1) is 0 Å². The molecular formula is C30H37N3O3. The molecule has 36 heavy (non-hydrogen) atoms. The highest BCUT2D eigenvalue weighted by Crippen LogP contribution is 2.38. The van der Waals surface area contributed by atoms with Crippen LogP contribution in [-0.4, -0.2) is 53.7 Å². The Labute approximate surface area is 214 Å². The van der Waals surface area contributed by atoms with Gasteiger partial charge in [-0.1, -0.05) is 78.9 Å². The molecule has 3 N–H and O–H groups in total. The van der Waals surface area contributed by atoms with Crippen LogP contribution in [0.4, 0.5) is 0 Å². The SMILES string of the molecule is NCc1ccc([C@@H]2O[C@H](CN3CCN(Cc4ccccc4)CC3)C[C@H](c3ccc(CO)cc3)O2)cc1. The van der Waals surface area contributed by atoms with Crippen molar-refractivity contribution in [1.82, 2.24) is 9.80 Å². The second kappa shape index (κ2) is 12.1. The lowest BCUT2D eigenvalue weighted by Crippen LogP contribution is -2.49. The van der Waals surface area contributed by atoms with Crippen molar-refractivity contribution in [3.05, 3.63) is 107 Å². The van der Waals surface area contributed by atoms with Crippen molar-refractivity contribution < 1.29 is 14.6 Å². The van der Waals surface area contributed by atoms with E-state index in [0.29, 0.717) is 6.54 Å². The van der Waals surface area contributed by atoms with E-state index in [1.807, 2.05) is 24.3 Å². The molecule has 2 fully saturated rings. The van der Waals surface area contributed by atoms with Crippen LogP contribution in [0.25, 0.3) is 0 Å². The summed E-state index contributed by atoms with van der Waals surface area (Å²) in [5.74, 6) is 0. The zero-order valence-electron chi connectivity index (χ0n) is 20.8. The molecule has 3 aromatic carbocycles. The number of hydrogen-bond acceptors (Lipinski definition) is 6. The molecule has 0 amide bonds. The number of rotatable bonds is 8. The normalized spacial score (nSPS) is 23.6. The molecule has 2 aliphatic rings. The number of nitrogens with zero attached hydrogens (tertiary/aromatic N) is 2. The van der Waals surface area contributed by atoms with Crippen LogP contribution in [0.2, 0.25) is 0 Å². The van der Waals surface area contributed by atoms with Crippen molar-refractivity contribution in [3.8, 4) is 0 Å². The van der Waals surface area contributed by atoms with Crippen LogP contribution < -0.4 is 5.73 Å². The van der Waals surface area contributed by atoms with Crippen molar-refractivity contribution in [1.29, 1.82) is 0 Å². The first-order valence-corrected chi connectivity index (χ1v) is 13.0. The van der Waals surface area contributed by atoms with Crippen LogP contribution in [0.15, 0.2) is 78.9 Å². The molecule has 2 saturated heterocycles. The van der Waals surface area contributed by atoms with Crippen molar-refractivity contribution >= 4 is 0 Å². The Morgan fingerprint density at radius 2 is 1.36 bits per heavy atom. The lowest BCUT2D eigenvalue weighted by atomic mass is 9.99. The van der Waals surface area contributed by atoms with E-state index in [2.05, 4.69) is 64.4 Å². The van der Waals surface area contributed by atoms with E-state index >= 15 is 0 Å². The summed E-state index contributed by atoms with van der Waals surface area (Å²) in [5, 5.41) is 9.43. The van der Waals surface area contributed by atoms with Gasteiger partial charge in [0.2, 0.25) is 0 Å². The van der Waals surface area contributed by atoms with Gasteiger partial charge in [-0.2, -0.15) is 0 Å². The molecule has 190 valence electrons. The zero-order chi connectivity index (χ0) is 24.7. The van der Waals surface area contributed by atoms with Crippen molar-refractivity contribution in [2.45, 2.75) is 44.6 Å². The number of aliphatic hydroxyl groups excluding tert-OH is 1. The molecule has 0 radical (unpaired) electrons. The van der Waals surface area contributed by atoms with Gasteiger partial charge in [-0.25, -0.2) is 0 Å². The van der Waals surface area contributed by atoms with Gasteiger partial charge in [0.25, 0.3) is 0 Å². The number of ether oxygens (including phenoxy) is 2. The monoisotopic (exact) mass is 487 g/mol. The van der Waals surface area contributed by atoms with E-state index in [0.717, 1.165) is 67.9 Å². The van der Waals surface area contributed by atoms with Gasteiger partial charge in [0.1, 0.15) is 0 Å².